The first-order chi connectivity index (χ1) is 26.8. The molecule has 0 saturated heterocycles. The summed E-state index contributed by atoms with van der Waals surface area (Å²) in [6.07, 6.45) is 4.77. The molecule has 5 amide bonds. The van der Waals surface area contributed by atoms with Crippen molar-refractivity contribution in [1.29, 1.82) is 0 Å². The Morgan fingerprint density at radius 1 is 0.732 bits per heavy atom. The molecule has 20 heteroatoms. The van der Waals surface area contributed by atoms with E-state index in [-0.39, 0.29) is 60.4 Å². The van der Waals surface area contributed by atoms with Gasteiger partial charge in [0.25, 0.3) is 11.8 Å². The Labute approximate surface area is 318 Å². The van der Waals surface area contributed by atoms with Crippen molar-refractivity contribution in [2.24, 2.45) is 17.2 Å². The molecule has 6 rings (SSSR count). The number of nitrogens with zero attached hydrogens (tertiary/aromatic N) is 9. The predicted octanol–water partition coefficient (Wildman–Crippen LogP) is 2.04. The number of aromatic nitrogens is 9. The number of amides is 5. The van der Waals surface area contributed by atoms with E-state index in [1.165, 1.54) is 24.4 Å². The van der Waals surface area contributed by atoms with E-state index < -0.39 is 29.5 Å². The minimum Gasteiger partial charge on any atom is -0.491 e. The minimum absolute atomic E-state index is 0.0926. The van der Waals surface area contributed by atoms with Crippen LogP contribution in [0.25, 0.3) is 22.2 Å². The fraction of sp³-hybridized carbons (Fsp3) is 0.278. The third-order valence-corrected chi connectivity index (χ3v) is 8.63. The number of carbonyl (C=O) groups is 5. The number of hydrogen-bond acceptors (Lipinski definition) is 11. The van der Waals surface area contributed by atoms with E-state index in [0.717, 1.165) is 0 Å². The summed E-state index contributed by atoms with van der Waals surface area (Å²) in [6, 6.07) is 7.70. The smallest absolute Gasteiger partial charge is 0.276 e. The molecular formula is C36H40N14O6. The Morgan fingerprint density at radius 2 is 1.27 bits per heavy atom. The number of ether oxygens (including phenoxy) is 1. The van der Waals surface area contributed by atoms with Crippen molar-refractivity contribution in [3.63, 3.8) is 0 Å². The molecule has 6 aromatic rings. The molecule has 0 fully saturated rings. The normalized spacial score (nSPS) is 11.4. The number of rotatable bonds is 16. The van der Waals surface area contributed by atoms with Gasteiger partial charge in [-0.15, -0.1) is 0 Å². The van der Waals surface area contributed by atoms with Gasteiger partial charge in [0.15, 0.2) is 5.65 Å². The molecule has 0 unspecified atom stereocenters. The van der Waals surface area contributed by atoms with E-state index in [1.54, 1.807) is 56.6 Å². The first-order valence-corrected chi connectivity index (χ1v) is 17.6. The van der Waals surface area contributed by atoms with Crippen LogP contribution in [0.3, 0.4) is 0 Å². The highest BCUT2D eigenvalue weighted by Gasteiger charge is 2.23. The van der Waals surface area contributed by atoms with Crippen LogP contribution in [0.1, 0.15) is 73.3 Å². The van der Waals surface area contributed by atoms with Crippen molar-refractivity contribution in [3.8, 4) is 5.75 Å². The van der Waals surface area contributed by atoms with Gasteiger partial charge in [-0.05, 0) is 58.0 Å². The van der Waals surface area contributed by atoms with Gasteiger partial charge < -0.3 is 26.5 Å². The van der Waals surface area contributed by atoms with Crippen LogP contribution in [0, 0.1) is 13.8 Å². The third-order valence-electron chi connectivity index (χ3n) is 8.63. The second-order valence-corrected chi connectivity index (χ2v) is 12.6. The van der Waals surface area contributed by atoms with Crippen LogP contribution in [0.2, 0.25) is 0 Å². The van der Waals surface area contributed by atoms with Gasteiger partial charge in [0.05, 0.1) is 35.5 Å². The zero-order valence-electron chi connectivity index (χ0n) is 31.1. The number of benzene rings is 1. The number of pyridine rings is 1. The summed E-state index contributed by atoms with van der Waals surface area (Å²) in [4.78, 5) is 76.4. The fourth-order valence-corrected chi connectivity index (χ4v) is 6.06. The standard InChI is InChI=1S/C36H40N14O6/c1-5-49-25(13-19(3)45-49)33(54)43-35-41-23-15-21(30(38)52)17-27(56-12-9-28(37)51)29(23)47(35)10-7-8-11-48-32-24(16-22(18-40-32)31(39)53)42-36(48)44-34(55)26-14-20(4)46-50(26)6-2/h7-8,13-18H,5-6,9-12H2,1-4H3,(H2,37,51)(H2,38,52)(H2,39,53)(H,41,43,54)(H,42,44,55)/b8-7+. The maximum absolute atomic E-state index is 13.6. The average Bonchev–Trinajstić information content (AvgIpc) is 3.91. The number of allylic oxidation sites excluding steroid dienone is 2. The van der Waals surface area contributed by atoms with Gasteiger partial charge in [0.1, 0.15) is 28.2 Å². The van der Waals surface area contributed by atoms with E-state index >= 15 is 0 Å². The molecule has 0 atom stereocenters. The molecule has 5 aromatic heterocycles. The van der Waals surface area contributed by atoms with Gasteiger partial charge in [-0.3, -0.25) is 48.5 Å². The first-order valence-electron chi connectivity index (χ1n) is 17.6. The average molecular weight is 765 g/mol. The van der Waals surface area contributed by atoms with Gasteiger partial charge in [0.2, 0.25) is 29.6 Å². The van der Waals surface area contributed by atoms with Crippen LogP contribution >= 0.6 is 0 Å². The third kappa shape index (κ3) is 7.93. The maximum atomic E-state index is 13.6. The second-order valence-electron chi connectivity index (χ2n) is 12.6. The molecule has 0 aliphatic heterocycles. The molecule has 0 aliphatic rings. The lowest BCUT2D eigenvalue weighted by Gasteiger charge is -2.13. The SMILES string of the molecule is CCn1nc(C)cc1C(=O)Nc1nc2cc(C(N)=O)cnc2n1C/C=C/Cn1c(NC(=O)c2cc(C)nn2CC)nc2cc(C(N)=O)cc(OCCC(N)=O)c21. The molecule has 0 saturated carbocycles. The molecule has 20 nitrogen and oxygen atoms in total. The Kier molecular flexibility index (Phi) is 10.9. The number of nitrogens with one attached hydrogen (secondary N) is 2. The first kappa shape index (κ1) is 38.3. The number of aryl methyl sites for hydroxylation is 4. The van der Waals surface area contributed by atoms with Crippen molar-refractivity contribution in [2.75, 3.05) is 17.2 Å². The molecule has 0 bridgehead atoms. The predicted molar refractivity (Wildman–Crippen MR) is 204 cm³/mol. The van der Waals surface area contributed by atoms with Gasteiger partial charge in [-0.2, -0.15) is 10.2 Å². The highest BCUT2D eigenvalue weighted by Crippen LogP contribution is 2.31. The topological polar surface area (TPSA) is 281 Å². The Bertz CT molecular complexity index is 2560. The zero-order valence-corrected chi connectivity index (χ0v) is 31.1. The summed E-state index contributed by atoms with van der Waals surface area (Å²) in [6.45, 7) is 8.33. The molecule has 8 N–H and O–H groups in total. The van der Waals surface area contributed by atoms with Crippen molar-refractivity contribution in [3.05, 3.63) is 82.6 Å². The highest BCUT2D eigenvalue weighted by atomic mass is 16.5. The lowest BCUT2D eigenvalue weighted by molar-refractivity contribution is -0.118. The van der Waals surface area contributed by atoms with E-state index in [2.05, 4.69) is 35.8 Å². The van der Waals surface area contributed by atoms with Crippen molar-refractivity contribution in [1.82, 2.24) is 43.6 Å². The number of fused-ring (bicyclic) bond motifs is 2. The van der Waals surface area contributed by atoms with Crippen LogP contribution in [0.5, 0.6) is 5.75 Å². The van der Waals surface area contributed by atoms with Gasteiger partial charge in [0, 0.05) is 37.9 Å². The van der Waals surface area contributed by atoms with Crippen LogP contribution in [0.15, 0.2) is 48.7 Å². The van der Waals surface area contributed by atoms with Gasteiger partial charge in [-0.1, -0.05) is 12.2 Å². The lowest BCUT2D eigenvalue weighted by Crippen LogP contribution is -2.20. The van der Waals surface area contributed by atoms with Crippen LogP contribution in [-0.4, -0.2) is 79.8 Å². The lowest BCUT2D eigenvalue weighted by atomic mass is 10.1. The van der Waals surface area contributed by atoms with Crippen LogP contribution < -0.4 is 32.6 Å². The Morgan fingerprint density at radius 3 is 1.82 bits per heavy atom. The largest absolute Gasteiger partial charge is 0.491 e. The molecule has 0 spiro atoms. The summed E-state index contributed by atoms with van der Waals surface area (Å²) < 4.78 is 12.4. The summed E-state index contributed by atoms with van der Waals surface area (Å²) >= 11 is 0. The fourth-order valence-electron chi connectivity index (χ4n) is 6.06. The van der Waals surface area contributed by atoms with E-state index in [0.29, 0.717) is 52.5 Å². The Hall–Kier alpha value is -7.38. The van der Waals surface area contributed by atoms with Crippen LogP contribution in [-0.2, 0) is 31.0 Å². The highest BCUT2D eigenvalue weighted by molar-refractivity contribution is 6.05. The number of primary amides is 3. The summed E-state index contributed by atoms with van der Waals surface area (Å²) in [5, 5.41) is 14.4. The van der Waals surface area contributed by atoms with Gasteiger partial charge >= 0.3 is 0 Å². The number of carbonyl (C=O) groups excluding carboxylic acids is 5. The molecular weight excluding hydrogens is 724 g/mol. The zero-order chi connectivity index (χ0) is 40.3. The van der Waals surface area contributed by atoms with E-state index in [4.69, 9.17) is 21.9 Å². The molecule has 290 valence electrons. The second kappa shape index (κ2) is 15.9. The van der Waals surface area contributed by atoms with Gasteiger partial charge in [-0.25, -0.2) is 15.0 Å². The quantitative estimate of drug-likeness (QED) is 0.0889. The van der Waals surface area contributed by atoms with Crippen molar-refractivity contribution >= 4 is 63.6 Å². The molecule has 1 aromatic carbocycles. The van der Waals surface area contributed by atoms with Crippen LogP contribution in [0.4, 0.5) is 11.9 Å². The van der Waals surface area contributed by atoms with E-state index in [1.807, 2.05) is 13.8 Å². The maximum Gasteiger partial charge on any atom is 0.276 e. The van der Waals surface area contributed by atoms with Crippen molar-refractivity contribution < 1.29 is 28.7 Å². The minimum atomic E-state index is -0.740. The molecule has 0 aliphatic carbocycles. The Balaban J connectivity index is 1.38. The summed E-state index contributed by atoms with van der Waals surface area (Å²) in [5.74, 6) is -2.51. The van der Waals surface area contributed by atoms with E-state index in [9.17, 15) is 24.0 Å². The number of nitrogens with two attached hydrogens (primary N) is 3. The summed E-state index contributed by atoms with van der Waals surface area (Å²) in [5.41, 5.74) is 20.0. The molecule has 0 radical (unpaired) electrons. The number of anilines is 2. The monoisotopic (exact) mass is 764 g/mol. The van der Waals surface area contributed by atoms with Crippen molar-refractivity contribution in [2.45, 2.75) is 60.3 Å². The number of hydrogen-bond donors (Lipinski definition) is 5. The number of imidazole rings is 2. The summed E-state index contributed by atoms with van der Waals surface area (Å²) in [7, 11) is 0. The molecule has 56 heavy (non-hydrogen) atoms. The molecule has 5 heterocycles.